The lowest BCUT2D eigenvalue weighted by molar-refractivity contribution is 0.462. The molecule has 1 heterocycles. The summed E-state index contributed by atoms with van der Waals surface area (Å²) in [5.41, 5.74) is 20.8. The maximum atomic E-state index is 6.53. The van der Waals surface area contributed by atoms with Gasteiger partial charge in [0.05, 0.1) is 16.8 Å². The van der Waals surface area contributed by atoms with Crippen LogP contribution in [0.5, 0.6) is 0 Å². The molecule has 1 spiro atoms. The molecule has 0 N–H and O–H groups in total. The van der Waals surface area contributed by atoms with Crippen LogP contribution in [0.3, 0.4) is 0 Å². The number of fused-ring (bicyclic) bond motifs is 17. The molecule has 2 atom stereocenters. The average Bonchev–Trinajstić information content (AvgIpc) is 4.02. The normalized spacial score (nSPS) is 17.8. The van der Waals surface area contributed by atoms with E-state index in [1.165, 1.54) is 83.4 Å². The summed E-state index contributed by atoms with van der Waals surface area (Å²) in [4.78, 5) is 2.60. The Hall–Kier alpha value is -7.68. The maximum absolute atomic E-state index is 6.53. The van der Waals surface area contributed by atoms with Crippen LogP contribution >= 0.6 is 0 Å². The third kappa shape index (κ3) is 4.65. The molecule has 0 bridgehead atoms. The number of nitrogens with zero attached hydrogens (tertiary/aromatic N) is 1. The van der Waals surface area contributed by atoms with Crippen LogP contribution in [0.4, 0.5) is 11.4 Å². The van der Waals surface area contributed by atoms with Crippen molar-refractivity contribution < 1.29 is 4.42 Å². The Kier molecular flexibility index (Phi) is 7.25. The molecule has 0 radical (unpaired) electrons. The Morgan fingerprint density at radius 3 is 1.81 bits per heavy atom. The van der Waals surface area contributed by atoms with Crippen molar-refractivity contribution in [2.75, 3.05) is 4.90 Å². The first kappa shape index (κ1) is 35.9. The minimum atomic E-state index is -0.346. The summed E-state index contributed by atoms with van der Waals surface area (Å²) in [6, 6.07) is 72.4. The van der Waals surface area contributed by atoms with Gasteiger partial charge in [0.1, 0.15) is 11.2 Å². The van der Waals surface area contributed by atoms with Gasteiger partial charge in [0, 0.05) is 39.3 Å². The molecule has 9 aromatic carbocycles. The molecule has 302 valence electrons. The van der Waals surface area contributed by atoms with Gasteiger partial charge in [-0.25, -0.2) is 0 Å². The third-order valence-electron chi connectivity index (χ3n) is 15.3. The van der Waals surface area contributed by atoms with Gasteiger partial charge in [-0.3, -0.25) is 0 Å². The number of hydrogen-bond donors (Lipinski definition) is 0. The summed E-state index contributed by atoms with van der Waals surface area (Å²) in [6.45, 7) is 4.81. The predicted molar refractivity (Wildman–Crippen MR) is 264 cm³/mol. The number of benzene rings is 9. The monoisotopic (exact) mass is 817 g/mol. The van der Waals surface area contributed by atoms with E-state index in [4.69, 9.17) is 4.42 Å². The minimum Gasteiger partial charge on any atom is -0.456 e. The van der Waals surface area contributed by atoms with Crippen molar-refractivity contribution in [3.8, 4) is 33.4 Å². The van der Waals surface area contributed by atoms with Crippen LogP contribution in [-0.4, -0.2) is 0 Å². The molecule has 0 saturated heterocycles. The molecule has 10 aromatic rings. The molecule has 14 rings (SSSR count). The highest BCUT2D eigenvalue weighted by molar-refractivity contribution is 6.11. The summed E-state index contributed by atoms with van der Waals surface area (Å²) < 4.78 is 6.53. The fraction of sp³-hybridized carbons (Fsp3) is 0.0968. The quantitative estimate of drug-likeness (QED) is 0.176. The molecule has 0 amide bonds. The lowest BCUT2D eigenvalue weighted by Crippen LogP contribution is -2.34. The molecule has 1 aromatic heterocycles. The SMILES string of the molecule is CC1(C)c2ccccc2-c2cccc(N(C3=CC4C(C=C3)c3ccccc3C43c4ccccc4-c4ccccc43)c3ccccc3-c3ccc4oc5cc6ccccc6cc5c4c3)c21. The van der Waals surface area contributed by atoms with Gasteiger partial charge >= 0.3 is 0 Å². The zero-order chi connectivity index (χ0) is 42.3. The van der Waals surface area contributed by atoms with Crippen LogP contribution in [0.1, 0.15) is 53.1 Å². The molecule has 0 aliphatic heterocycles. The van der Waals surface area contributed by atoms with Crippen molar-refractivity contribution in [1.29, 1.82) is 0 Å². The third-order valence-corrected chi connectivity index (χ3v) is 15.3. The zero-order valence-electron chi connectivity index (χ0n) is 35.7. The first-order valence-electron chi connectivity index (χ1n) is 22.7. The van der Waals surface area contributed by atoms with E-state index < -0.39 is 0 Å². The first-order valence-corrected chi connectivity index (χ1v) is 22.7. The van der Waals surface area contributed by atoms with E-state index in [0.29, 0.717) is 0 Å². The second-order valence-electron chi connectivity index (χ2n) is 18.7. The van der Waals surface area contributed by atoms with E-state index >= 15 is 0 Å². The van der Waals surface area contributed by atoms with Crippen LogP contribution < -0.4 is 4.90 Å². The van der Waals surface area contributed by atoms with Gasteiger partial charge in [-0.05, 0) is 114 Å². The molecule has 2 unspecified atom stereocenters. The van der Waals surface area contributed by atoms with Gasteiger partial charge in [0.25, 0.3) is 0 Å². The van der Waals surface area contributed by atoms with Gasteiger partial charge in [-0.2, -0.15) is 0 Å². The Balaban J connectivity index is 1.03. The second-order valence-corrected chi connectivity index (χ2v) is 18.7. The Labute approximate surface area is 373 Å². The molecule has 4 aliphatic rings. The Morgan fingerprint density at radius 2 is 1.05 bits per heavy atom. The smallest absolute Gasteiger partial charge is 0.136 e. The summed E-state index contributed by atoms with van der Waals surface area (Å²) in [5, 5.41) is 4.66. The molecule has 2 nitrogen and oxygen atoms in total. The Bertz CT molecular complexity index is 3640. The second kappa shape index (κ2) is 12.9. The van der Waals surface area contributed by atoms with Crippen LogP contribution in [0, 0.1) is 5.92 Å². The van der Waals surface area contributed by atoms with Crippen molar-refractivity contribution in [1.82, 2.24) is 0 Å². The van der Waals surface area contributed by atoms with Crippen molar-refractivity contribution in [2.45, 2.75) is 30.6 Å². The van der Waals surface area contributed by atoms with Crippen LogP contribution in [0.25, 0.3) is 66.1 Å². The van der Waals surface area contributed by atoms with Crippen LogP contribution in [-0.2, 0) is 10.8 Å². The average molecular weight is 818 g/mol. The van der Waals surface area contributed by atoms with Crippen molar-refractivity contribution in [2.24, 2.45) is 5.92 Å². The number of para-hydroxylation sites is 1. The van der Waals surface area contributed by atoms with Crippen LogP contribution in [0.15, 0.2) is 222 Å². The van der Waals surface area contributed by atoms with Crippen molar-refractivity contribution in [3.05, 3.63) is 251 Å². The molecule has 4 aliphatic carbocycles. The molecule has 2 heteroatoms. The maximum Gasteiger partial charge on any atom is 0.136 e. The lowest BCUT2D eigenvalue weighted by Gasteiger charge is -2.39. The molecule has 0 fully saturated rings. The van der Waals surface area contributed by atoms with E-state index in [1.807, 2.05) is 0 Å². The molecule has 64 heavy (non-hydrogen) atoms. The lowest BCUT2D eigenvalue weighted by atomic mass is 9.65. The zero-order valence-corrected chi connectivity index (χ0v) is 35.7. The van der Waals surface area contributed by atoms with Crippen molar-refractivity contribution >= 4 is 44.1 Å². The molecular formula is C62H43NO. The molecule has 0 saturated carbocycles. The topological polar surface area (TPSA) is 16.4 Å². The van der Waals surface area contributed by atoms with E-state index in [9.17, 15) is 0 Å². The summed E-state index contributed by atoms with van der Waals surface area (Å²) in [6.07, 6.45) is 7.59. The largest absolute Gasteiger partial charge is 0.456 e. The van der Waals surface area contributed by atoms with Crippen LogP contribution in [0.2, 0.25) is 0 Å². The number of anilines is 2. The van der Waals surface area contributed by atoms with Gasteiger partial charge in [-0.1, -0.05) is 184 Å². The highest BCUT2D eigenvalue weighted by atomic mass is 16.3. The van der Waals surface area contributed by atoms with E-state index in [0.717, 1.165) is 33.2 Å². The van der Waals surface area contributed by atoms with E-state index in [-0.39, 0.29) is 22.7 Å². The summed E-state index contributed by atoms with van der Waals surface area (Å²) in [7, 11) is 0. The number of allylic oxidation sites excluding steroid dienone is 3. The first-order chi connectivity index (χ1) is 31.5. The minimum absolute atomic E-state index is 0.134. The fourth-order valence-corrected chi connectivity index (χ4v) is 12.7. The van der Waals surface area contributed by atoms with E-state index in [1.54, 1.807) is 0 Å². The van der Waals surface area contributed by atoms with E-state index in [2.05, 4.69) is 231 Å². The van der Waals surface area contributed by atoms with Gasteiger partial charge in [0.15, 0.2) is 0 Å². The predicted octanol–water partition coefficient (Wildman–Crippen LogP) is 16.0. The van der Waals surface area contributed by atoms with Gasteiger partial charge in [0.2, 0.25) is 0 Å². The Morgan fingerprint density at radius 1 is 0.469 bits per heavy atom. The molecular weight excluding hydrogens is 775 g/mol. The number of furan rings is 1. The number of rotatable bonds is 4. The van der Waals surface area contributed by atoms with Gasteiger partial charge < -0.3 is 9.32 Å². The van der Waals surface area contributed by atoms with Crippen molar-refractivity contribution in [3.63, 3.8) is 0 Å². The highest BCUT2D eigenvalue weighted by Gasteiger charge is 2.57. The summed E-state index contributed by atoms with van der Waals surface area (Å²) >= 11 is 0. The highest BCUT2D eigenvalue weighted by Crippen LogP contribution is 2.66. The summed E-state index contributed by atoms with van der Waals surface area (Å²) in [5.74, 6) is 0.348. The fourth-order valence-electron chi connectivity index (χ4n) is 12.7. The van der Waals surface area contributed by atoms with Gasteiger partial charge in [-0.15, -0.1) is 0 Å². The number of hydrogen-bond acceptors (Lipinski definition) is 2. The standard InChI is InChI=1S/C62H43NO/c1-61(2)51-24-10-5-22-46(51)48-23-15-29-57(60(48)61)63(56-28-14-9-18-42(56)40-30-33-58-49(35-40)50-34-38-16-3-4-17-39(38)36-59(50)64-58)41-31-32-47-45-21-8-13-27-54(45)62(55(47)37-41)52-25-11-6-19-43(52)44-20-7-12-26-53(44)62/h3-37,47,55H,1-2H3.